The number of hydrogen-bond acceptors (Lipinski definition) is 2. The molecule has 0 fully saturated rings. The van der Waals surface area contributed by atoms with Crippen LogP contribution in [-0.4, -0.2) is 17.4 Å². The molecule has 18 heavy (non-hydrogen) atoms. The van der Waals surface area contributed by atoms with Crippen LogP contribution in [0.4, 0.5) is 4.39 Å². The highest BCUT2D eigenvalue weighted by molar-refractivity contribution is 7.80. The first-order chi connectivity index (χ1) is 8.50. The van der Waals surface area contributed by atoms with Crippen molar-refractivity contribution in [3.05, 3.63) is 47.8 Å². The molecule has 0 saturated heterocycles. The molecule has 0 saturated carbocycles. The van der Waals surface area contributed by atoms with E-state index in [1.165, 1.54) is 6.07 Å². The molecule has 1 aromatic rings. The fourth-order valence-electron chi connectivity index (χ4n) is 1.22. The molecular weight excluding hydrogens is 249 g/mol. The second-order valence-corrected chi connectivity index (χ2v) is 4.34. The molecular formula is C13H16FN3S. The Morgan fingerprint density at radius 3 is 2.67 bits per heavy atom. The van der Waals surface area contributed by atoms with E-state index in [4.69, 9.17) is 12.2 Å². The van der Waals surface area contributed by atoms with Gasteiger partial charge in [0, 0.05) is 12.1 Å². The summed E-state index contributed by atoms with van der Waals surface area (Å²) in [6.45, 7) is 7.94. The van der Waals surface area contributed by atoms with E-state index < -0.39 is 0 Å². The van der Waals surface area contributed by atoms with Crippen molar-refractivity contribution in [2.75, 3.05) is 6.54 Å². The molecule has 0 aliphatic rings. The lowest BCUT2D eigenvalue weighted by molar-refractivity contribution is 0.625. The standard InChI is InChI=1S/C13H16FN3S/c1-9(2)8-15-13(18)17-16-10(3)11-6-4-5-7-12(11)14/h4-7H,1,8H2,2-3H3,(H2,15,17,18)/b16-10+. The van der Waals surface area contributed by atoms with E-state index in [1.807, 2.05) is 6.92 Å². The van der Waals surface area contributed by atoms with E-state index in [1.54, 1.807) is 25.1 Å². The van der Waals surface area contributed by atoms with Crippen LogP contribution in [-0.2, 0) is 0 Å². The number of benzene rings is 1. The molecule has 3 nitrogen and oxygen atoms in total. The summed E-state index contributed by atoms with van der Waals surface area (Å²) in [7, 11) is 0. The van der Waals surface area contributed by atoms with Gasteiger partial charge in [-0.3, -0.25) is 5.43 Å². The quantitative estimate of drug-likeness (QED) is 0.380. The molecule has 0 atom stereocenters. The van der Waals surface area contributed by atoms with Crippen molar-refractivity contribution in [2.24, 2.45) is 5.10 Å². The minimum Gasteiger partial charge on any atom is -0.358 e. The summed E-state index contributed by atoms with van der Waals surface area (Å²) >= 11 is 5.01. The summed E-state index contributed by atoms with van der Waals surface area (Å²) in [4.78, 5) is 0. The predicted molar refractivity (Wildman–Crippen MR) is 77.2 cm³/mol. The highest BCUT2D eigenvalue weighted by atomic mass is 32.1. The Labute approximate surface area is 112 Å². The third-order valence-electron chi connectivity index (χ3n) is 2.14. The highest BCUT2D eigenvalue weighted by Gasteiger charge is 2.03. The number of rotatable bonds is 4. The van der Waals surface area contributed by atoms with Gasteiger partial charge in [-0.25, -0.2) is 4.39 Å². The minimum absolute atomic E-state index is 0.304. The van der Waals surface area contributed by atoms with E-state index in [9.17, 15) is 4.39 Å². The maximum atomic E-state index is 13.4. The first-order valence-corrected chi connectivity index (χ1v) is 5.89. The lowest BCUT2D eigenvalue weighted by atomic mass is 10.1. The fraction of sp³-hybridized carbons (Fsp3) is 0.231. The minimum atomic E-state index is -0.304. The van der Waals surface area contributed by atoms with Crippen LogP contribution >= 0.6 is 12.2 Å². The Bertz CT molecular complexity index is 483. The number of hydrazone groups is 1. The van der Waals surface area contributed by atoms with Crippen LogP contribution in [0.2, 0.25) is 0 Å². The van der Waals surface area contributed by atoms with Crippen LogP contribution in [0.25, 0.3) is 0 Å². The second-order valence-electron chi connectivity index (χ2n) is 3.93. The van der Waals surface area contributed by atoms with Crippen molar-refractivity contribution in [1.29, 1.82) is 0 Å². The lowest BCUT2D eigenvalue weighted by Crippen LogP contribution is -2.33. The maximum absolute atomic E-state index is 13.4. The molecule has 0 aliphatic carbocycles. The zero-order valence-corrected chi connectivity index (χ0v) is 11.3. The second kappa shape index (κ2) is 6.86. The summed E-state index contributed by atoms with van der Waals surface area (Å²) < 4.78 is 13.4. The topological polar surface area (TPSA) is 36.4 Å². The van der Waals surface area contributed by atoms with Gasteiger partial charge in [0.2, 0.25) is 0 Å². The van der Waals surface area contributed by atoms with Gasteiger partial charge in [0.05, 0.1) is 5.71 Å². The van der Waals surface area contributed by atoms with Gasteiger partial charge in [-0.05, 0) is 32.1 Å². The summed E-state index contributed by atoms with van der Waals surface area (Å²) in [5.74, 6) is -0.304. The molecule has 0 aromatic heterocycles. The van der Waals surface area contributed by atoms with Gasteiger partial charge >= 0.3 is 0 Å². The monoisotopic (exact) mass is 265 g/mol. The Hall–Kier alpha value is -1.75. The molecule has 0 spiro atoms. The molecule has 0 radical (unpaired) electrons. The molecule has 0 unspecified atom stereocenters. The number of nitrogens with one attached hydrogen (secondary N) is 2. The molecule has 0 bridgehead atoms. The van der Waals surface area contributed by atoms with Gasteiger partial charge in [-0.1, -0.05) is 30.4 Å². The third kappa shape index (κ3) is 4.63. The van der Waals surface area contributed by atoms with Crippen LogP contribution in [0.15, 0.2) is 41.5 Å². The first-order valence-electron chi connectivity index (χ1n) is 5.48. The largest absolute Gasteiger partial charge is 0.358 e. The third-order valence-corrected chi connectivity index (χ3v) is 2.38. The summed E-state index contributed by atoms with van der Waals surface area (Å²) in [5, 5.41) is 7.33. The summed E-state index contributed by atoms with van der Waals surface area (Å²) in [5.41, 5.74) is 4.62. The van der Waals surface area contributed by atoms with E-state index in [0.29, 0.717) is 22.9 Å². The van der Waals surface area contributed by atoms with Crippen molar-refractivity contribution >= 4 is 23.0 Å². The zero-order chi connectivity index (χ0) is 13.5. The van der Waals surface area contributed by atoms with E-state index in [-0.39, 0.29) is 5.82 Å². The Kier molecular flexibility index (Phi) is 5.45. The average molecular weight is 265 g/mol. The van der Waals surface area contributed by atoms with Crippen molar-refractivity contribution in [3.8, 4) is 0 Å². The van der Waals surface area contributed by atoms with Crippen molar-refractivity contribution in [1.82, 2.24) is 10.7 Å². The van der Waals surface area contributed by atoms with Crippen LogP contribution in [0.3, 0.4) is 0 Å². The summed E-state index contributed by atoms with van der Waals surface area (Å²) in [6, 6.07) is 6.46. The van der Waals surface area contributed by atoms with Crippen molar-refractivity contribution < 1.29 is 4.39 Å². The van der Waals surface area contributed by atoms with E-state index in [0.717, 1.165) is 5.57 Å². The van der Waals surface area contributed by atoms with Crippen LogP contribution in [0.1, 0.15) is 19.4 Å². The smallest absolute Gasteiger partial charge is 0.187 e. The normalized spacial score (nSPS) is 10.9. The lowest BCUT2D eigenvalue weighted by Gasteiger charge is -2.08. The number of hydrogen-bond donors (Lipinski definition) is 2. The average Bonchev–Trinajstić information content (AvgIpc) is 2.34. The van der Waals surface area contributed by atoms with E-state index >= 15 is 0 Å². The highest BCUT2D eigenvalue weighted by Crippen LogP contribution is 2.07. The maximum Gasteiger partial charge on any atom is 0.187 e. The van der Waals surface area contributed by atoms with Crippen LogP contribution < -0.4 is 10.7 Å². The molecule has 1 aromatic carbocycles. The first kappa shape index (κ1) is 14.3. The molecule has 0 amide bonds. The van der Waals surface area contributed by atoms with Gasteiger partial charge in [0.15, 0.2) is 5.11 Å². The molecule has 2 N–H and O–H groups in total. The number of nitrogens with zero attached hydrogens (tertiary/aromatic N) is 1. The zero-order valence-electron chi connectivity index (χ0n) is 10.5. The van der Waals surface area contributed by atoms with Crippen LogP contribution in [0.5, 0.6) is 0 Å². The number of halogens is 1. The van der Waals surface area contributed by atoms with E-state index in [2.05, 4.69) is 22.4 Å². The SMILES string of the molecule is C=C(C)CNC(=S)N/N=C(\C)c1ccccc1F. The Morgan fingerprint density at radius 1 is 1.39 bits per heavy atom. The molecule has 5 heteroatoms. The van der Waals surface area contributed by atoms with Gasteiger partial charge in [-0.2, -0.15) is 5.10 Å². The fourth-order valence-corrected chi connectivity index (χ4v) is 1.34. The van der Waals surface area contributed by atoms with Gasteiger partial charge in [0.1, 0.15) is 5.82 Å². The summed E-state index contributed by atoms with van der Waals surface area (Å²) in [6.07, 6.45) is 0. The molecule has 1 rings (SSSR count). The molecule has 0 heterocycles. The van der Waals surface area contributed by atoms with Crippen molar-refractivity contribution in [2.45, 2.75) is 13.8 Å². The predicted octanol–water partition coefficient (Wildman–Crippen LogP) is 2.59. The molecule has 96 valence electrons. The number of thiocarbonyl (C=S) groups is 1. The van der Waals surface area contributed by atoms with Crippen LogP contribution in [0, 0.1) is 5.82 Å². The molecule has 0 aliphatic heterocycles. The Morgan fingerprint density at radius 2 is 2.06 bits per heavy atom. The van der Waals surface area contributed by atoms with Crippen molar-refractivity contribution in [3.63, 3.8) is 0 Å². The Balaban J connectivity index is 2.60. The van der Waals surface area contributed by atoms with Gasteiger partial charge in [0.25, 0.3) is 0 Å². The van der Waals surface area contributed by atoms with Gasteiger partial charge in [-0.15, -0.1) is 0 Å². The van der Waals surface area contributed by atoms with Gasteiger partial charge < -0.3 is 5.32 Å².